The van der Waals surface area contributed by atoms with Crippen LogP contribution in [0.4, 0.5) is 10.5 Å². The van der Waals surface area contributed by atoms with Gasteiger partial charge in [0.25, 0.3) is 0 Å². The van der Waals surface area contributed by atoms with Crippen molar-refractivity contribution in [3.63, 3.8) is 0 Å². The molecule has 1 saturated heterocycles. The Balaban J connectivity index is 2.06. The van der Waals surface area contributed by atoms with E-state index in [1.165, 1.54) is 7.11 Å². The average molecular weight is 328 g/mol. The standard InChI is InChI=1S/C13H18BrN3O2/c1-19-13(18)16-11-4-5-17(8-11)12-3-2-10(14)6-9(12)7-15/h2-3,6,11H,4-5,7-8,15H2,1H3,(H,16,18). The summed E-state index contributed by atoms with van der Waals surface area (Å²) in [6.07, 6.45) is 0.538. The lowest BCUT2D eigenvalue weighted by Gasteiger charge is -2.22. The Kier molecular flexibility index (Phi) is 4.66. The van der Waals surface area contributed by atoms with Gasteiger partial charge in [-0.3, -0.25) is 0 Å². The van der Waals surface area contributed by atoms with Crippen molar-refractivity contribution in [2.75, 3.05) is 25.1 Å². The monoisotopic (exact) mass is 327 g/mol. The number of halogens is 1. The minimum absolute atomic E-state index is 0.127. The highest BCUT2D eigenvalue weighted by Gasteiger charge is 2.25. The van der Waals surface area contributed by atoms with E-state index in [-0.39, 0.29) is 12.1 Å². The fourth-order valence-corrected chi connectivity index (χ4v) is 2.76. The number of nitrogens with zero attached hydrogens (tertiary/aromatic N) is 1. The zero-order valence-corrected chi connectivity index (χ0v) is 12.4. The summed E-state index contributed by atoms with van der Waals surface area (Å²) >= 11 is 3.45. The molecule has 0 radical (unpaired) electrons. The van der Waals surface area contributed by atoms with Crippen molar-refractivity contribution in [1.29, 1.82) is 0 Å². The Hall–Kier alpha value is -1.27. The van der Waals surface area contributed by atoms with E-state index in [9.17, 15) is 4.79 Å². The molecule has 1 unspecified atom stereocenters. The fraction of sp³-hybridized carbons (Fsp3) is 0.462. The van der Waals surface area contributed by atoms with Gasteiger partial charge in [0.05, 0.1) is 13.2 Å². The third-order valence-electron chi connectivity index (χ3n) is 3.30. The zero-order chi connectivity index (χ0) is 13.8. The highest BCUT2D eigenvalue weighted by Crippen LogP contribution is 2.27. The van der Waals surface area contributed by atoms with E-state index in [4.69, 9.17) is 5.73 Å². The minimum Gasteiger partial charge on any atom is -0.453 e. The number of nitrogens with two attached hydrogens (primary N) is 1. The SMILES string of the molecule is COC(=O)NC1CCN(c2ccc(Br)cc2CN)C1. The first kappa shape index (κ1) is 14.1. The molecule has 1 aliphatic rings. The van der Waals surface area contributed by atoms with Crippen LogP contribution in [-0.4, -0.2) is 32.3 Å². The number of benzene rings is 1. The summed E-state index contributed by atoms with van der Waals surface area (Å²) in [5.41, 5.74) is 8.03. The molecule has 1 aliphatic heterocycles. The molecule has 1 aromatic rings. The quantitative estimate of drug-likeness (QED) is 0.889. The van der Waals surface area contributed by atoms with Gasteiger partial charge >= 0.3 is 6.09 Å². The summed E-state index contributed by atoms with van der Waals surface area (Å²) in [4.78, 5) is 13.4. The normalized spacial score (nSPS) is 18.5. The van der Waals surface area contributed by atoms with Gasteiger partial charge in [0.1, 0.15) is 0 Å². The van der Waals surface area contributed by atoms with Crippen LogP contribution in [-0.2, 0) is 11.3 Å². The van der Waals surface area contributed by atoms with E-state index < -0.39 is 0 Å². The van der Waals surface area contributed by atoms with Crippen LogP contribution >= 0.6 is 15.9 Å². The maximum absolute atomic E-state index is 11.2. The predicted molar refractivity (Wildman–Crippen MR) is 78.2 cm³/mol. The van der Waals surface area contributed by atoms with E-state index in [2.05, 4.69) is 36.9 Å². The molecule has 1 heterocycles. The Morgan fingerprint density at radius 3 is 3.11 bits per heavy atom. The molecule has 2 rings (SSSR count). The van der Waals surface area contributed by atoms with Crippen molar-refractivity contribution in [2.45, 2.75) is 19.0 Å². The van der Waals surface area contributed by atoms with Crippen LogP contribution in [0.15, 0.2) is 22.7 Å². The Labute approximate surface area is 121 Å². The topological polar surface area (TPSA) is 67.6 Å². The van der Waals surface area contributed by atoms with Gasteiger partial charge < -0.3 is 20.7 Å². The van der Waals surface area contributed by atoms with Crippen LogP contribution in [0.1, 0.15) is 12.0 Å². The van der Waals surface area contributed by atoms with Crippen molar-refractivity contribution in [3.8, 4) is 0 Å². The first-order chi connectivity index (χ1) is 9.13. The molecule has 1 atom stereocenters. The first-order valence-corrected chi connectivity index (χ1v) is 7.01. The van der Waals surface area contributed by atoms with Crippen molar-refractivity contribution >= 4 is 27.7 Å². The number of alkyl carbamates (subject to hydrolysis) is 1. The number of nitrogens with one attached hydrogen (secondary N) is 1. The first-order valence-electron chi connectivity index (χ1n) is 6.22. The second-order valence-electron chi connectivity index (χ2n) is 4.54. The van der Waals surface area contributed by atoms with Crippen LogP contribution in [0.3, 0.4) is 0 Å². The molecule has 5 nitrogen and oxygen atoms in total. The average Bonchev–Trinajstić information content (AvgIpc) is 2.86. The van der Waals surface area contributed by atoms with E-state index in [0.29, 0.717) is 6.54 Å². The molecule has 0 aromatic heterocycles. The van der Waals surface area contributed by atoms with Crippen molar-refractivity contribution in [1.82, 2.24) is 5.32 Å². The predicted octanol–water partition coefficient (Wildman–Crippen LogP) is 1.84. The van der Waals surface area contributed by atoms with Gasteiger partial charge in [0.15, 0.2) is 0 Å². The largest absolute Gasteiger partial charge is 0.453 e. The van der Waals surface area contributed by atoms with Crippen molar-refractivity contribution < 1.29 is 9.53 Å². The molecule has 0 saturated carbocycles. The minimum atomic E-state index is -0.373. The fourth-order valence-electron chi connectivity index (χ4n) is 2.35. The van der Waals surface area contributed by atoms with Crippen molar-refractivity contribution in [2.24, 2.45) is 5.73 Å². The second-order valence-corrected chi connectivity index (χ2v) is 5.46. The molecular weight excluding hydrogens is 310 g/mol. The molecule has 6 heteroatoms. The summed E-state index contributed by atoms with van der Waals surface area (Å²) in [6.45, 7) is 2.19. The smallest absolute Gasteiger partial charge is 0.407 e. The molecule has 1 aromatic carbocycles. The van der Waals surface area contributed by atoms with Gasteiger partial charge in [0, 0.05) is 29.8 Å². The molecule has 1 amide bonds. The Morgan fingerprint density at radius 1 is 1.63 bits per heavy atom. The maximum Gasteiger partial charge on any atom is 0.407 e. The molecule has 0 aliphatic carbocycles. The van der Waals surface area contributed by atoms with Crippen LogP contribution < -0.4 is 16.0 Å². The van der Waals surface area contributed by atoms with Gasteiger partial charge in [-0.2, -0.15) is 0 Å². The number of ether oxygens (including phenoxy) is 1. The number of methoxy groups -OCH3 is 1. The van der Waals surface area contributed by atoms with E-state index >= 15 is 0 Å². The zero-order valence-electron chi connectivity index (χ0n) is 10.9. The number of amides is 1. The summed E-state index contributed by atoms with van der Waals surface area (Å²) in [5, 5.41) is 2.83. The lowest BCUT2D eigenvalue weighted by molar-refractivity contribution is 0.167. The van der Waals surface area contributed by atoms with Gasteiger partial charge in [-0.15, -0.1) is 0 Å². The summed E-state index contributed by atoms with van der Waals surface area (Å²) in [5.74, 6) is 0. The summed E-state index contributed by atoms with van der Waals surface area (Å²) in [6, 6.07) is 6.24. The summed E-state index contributed by atoms with van der Waals surface area (Å²) < 4.78 is 5.65. The Morgan fingerprint density at radius 2 is 2.42 bits per heavy atom. The van der Waals surface area contributed by atoms with Gasteiger partial charge in [0.2, 0.25) is 0 Å². The third kappa shape index (κ3) is 3.39. The lowest BCUT2D eigenvalue weighted by Crippen LogP contribution is -2.37. The number of hydrogen-bond donors (Lipinski definition) is 2. The molecule has 19 heavy (non-hydrogen) atoms. The number of rotatable bonds is 3. The van der Waals surface area contributed by atoms with Crippen LogP contribution in [0.2, 0.25) is 0 Å². The van der Waals surface area contributed by atoms with Gasteiger partial charge in [-0.1, -0.05) is 15.9 Å². The van der Waals surface area contributed by atoms with E-state index in [0.717, 1.165) is 35.2 Å². The molecule has 0 spiro atoms. The molecule has 3 N–H and O–H groups in total. The lowest BCUT2D eigenvalue weighted by atomic mass is 10.1. The second kappa shape index (κ2) is 6.25. The number of carbonyl (C=O) groups excluding carboxylic acids is 1. The number of hydrogen-bond acceptors (Lipinski definition) is 4. The molecular formula is C13H18BrN3O2. The van der Waals surface area contributed by atoms with Crippen LogP contribution in [0.25, 0.3) is 0 Å². The highest BCUT2D eigenvalue weighted by atomic mass is 79.9. The van der Waals surface area contributed by atoms with E-state index in [1.807, 2.05) is 12.1 Å². The Bertz CT molecular complexity index is 467. The maximum atomic E-state index is 11.2. The van der Waals surface area contributed by atoms with Gasteiger partial charge in [-0.25, -0.2) is 4.79 Å². The third-order valence-corrected chi connectivity index (χ3v) is 3.79. The number of carbonyl (C=O) groups is 1. The number of anilines is 1. The molecule has 104 valence electrons. The van der Waals surface area contributed by atoms with Crippen molar-refractivity contribution in [3.05, 3.63) is 28.2 Å². The van der Waals surface area contributed by atoms with Crippen LogP contribution in [0, 0.1) is 0 Å². The summed E-state index contributed by atoms with van der Waals surface area (Å²) in [7, 11) is 1.38. The van der Waals surface area contributed by atoms with Gasteiger partial charge in [-0.05, 0) is 30.2 Å². The van der Waals surface area contributed by atoms with Crippen LogP contribution in [0.5, 0.6) is 0 Å². The molecule has 1 fully saturated rings. The highest BCUT2D eigenvalue weighted by molar-refractivity contribution is 9.10. The molecule has 0 bridgehead atoms. The van der Waals surface area contributed by atoms with E-state index in [1.54, 1.807) is 0 Å².